The third kappa shape index (κ3) is 4.81. The average molecular weight is 501 g/mol. The van der Waals surface area contributed by atoms with Gasteiger partial charge >= 0.3 is 23.9 Å². The smallest absolute Gasteiger partial charge is 0.200 e. The van der Waals surface area contributed by atoms with Gasteiger partial charge in [-0.05, 0) is 56.0 Å². The molecule has 2 rings (SSSR count). The number of aryl methyl sites for hydroxylation is 4. The van der Waals surface area contributed by atoms with Crippen LogP contribution in [0.25, 0.3) is 0 Å². The molecule has 0 nitrogen and oxygen atoms in total. The molecule has 0 spiro atoms. The summed E-state index contributed by atoms with van der Waals surface area (Å²) in [6.07, 6.45) is -8.64. The maximum absolute atomic E-state index is 14.4. The molecule has 33 heavy (non-hydrogen) atoms. The lowest BCUT2D eigenvalue weighted by atomic mass is 10.0. The topological polar surface area (TPSA) is 0 Å². The van der Waals surface area contributed by atoms with Crippen molar-refractivity contribution < 1.29 is 39.5 Å². The van der Waals surface area contributed by atoms with Crippen molar-refractivity contribution in [2.45, 2.75) is 70.7 Å². The number of hydrogen-bond acceptors (Lipinski definition) is 0. The Morgan fingerprint density at radius 2 is 1.00 bits per heavy atom. The molecule has 0 amide bonds. The Morgan fingerprint density at radius 1 is 0.606 bits per heavy atom. The fourth-order valence-electron chi connectivity index (χ4n) is 3.60. The Labute approximate surface area is 187 Å². The van der Waals surface area contributed by atoms with E-state index in [-0.39, 0.29) is 0 Å². The van der Waals surface area contributed by atoms with Crippen molar-refractivity contribution in [1.82, 2.24) is 0 Å². The monoisotopic (exact) mass is 500 g/mol. The molecular weight excluding hydrogens is 475 g/mol. The zero-order valence-corrected chi connectivity index (χ0v) is 19.8. The van der Waals surface area contributed by atoms with Gasteiger partial charge < -0.3 is 0 Å². The number of hydrogen-bond donors (Lipinski definition) is 0. The summed E-state index contributed by atoms with van der Waals surface area (Å²) in [5.41, 5.74) is 3.43. The number of alkyl halides is 9. The summed E-state index contributed by atoms with van der Waals surface area (Å²) < 4.78 is 121. The molecule has 0 heterocycles. The predicted octanol–water partition coefficient (Wildman–Crippen LogP) is 6.97. The van der Waals surface area contributed by atoms with Gasteiger partial charge in [-0.1, -0.05) is 53.3 Å². The van der Waals surface area contributed by atoms with E-state index in [9.17, 15) is 39.5 Å². The van der Waals surface area contributed by atoms with Gasteiger partial charge in [0, 0.05) is 6.42 Å². The molecule has 0 saturated carbocycles. The van der Waals surface area contributed by atoms with Crippen LogP contribution in [0.4, 0.5) is 39.5 Å². The standard InChI is InChI=1S/C23H25F9Si/c1-14-6-8-18(12-16(14)3)33(5,19-9-7-15(2)17(4)13-19)11-10-20(24,25)21(26,27)22(28,29)23(30,31)32/h6-9,12-13H,10-11H2,1-5H3. The Morgan fingerprint density at radius 3 is 1.33 bits per heavy atom. The van der Waals surface area contributed by atoms with Gasteiger partial charge in [0.1, 0.15) is 8.07 Å². The normalized spacial score (nSPS) is 14.0. The van der Waals surface area contributed by atoms with E-state index in [2.05, 4.69) is 0 Å². The molecule has 0 N–H and O–H groups in total. The van der Waals surface area contributed by atoms with Crippen LogP contribution in [0.1, 0.15) is 28.7 Å². The van der Waals surface area contributed by atoms with Gasteiger partial charge in [-0.15, -0.1) is 0 Å². The van der Waals surface area contributed by atoms with Gasteiger partial charge in [-0.2, -0.15) is 39.5 Å². The van der Waals surface area contributed by atoms with Crippen LogP contribution in [0.5, 0.6) is 0 Å². The molecule has 0 fully saturated rings. The summed E-state index contributed by atoms with van der Waals surface area (Å²) in [6, 6.07) is 9.63. The van der Waals surface area contributed by atoms with Crippen LogP contribution in [0.2, 0.25) is 12.6 Å². The molecule has 2 aromatic rings. The van der Waals surface area contributed by atoms with E-state index in [4.69, 9.17) is 0 Å². The van der Waals surface area contributed by atoms with Gasteiger partial charge in [-0.3, -0.25) is 0 Å². The fraction of sp³-hybridized carbons (Fsp3) is 0.478. The molecule has 0 radical (unpaired) electrons. The summed E-state index contributed by atoms with van der Waals surface area (Å²) in [7, 11) is -3.24. The molecule has 0 aromatic heterocycles. The number of halogens is 9. The highest BCUT2D eigenvalue weighted by atomic mass is 28.3. The van der Waals surface area contributed by atoms with E-state index < -0.39 is 44.5 Å². The van der Waals surface area contributed by atoms with E-state index in [0.717, 1.165) is 22.3 Å². The summed E-state index contributed by atoms with van der Waals surface area (Å²) in [4.78, 5) is 0. The second-order valence-electron chi connectivity index (χ2n) is 8.78. The van der Waals surface area contributed by atoms with Crippen LogP contribution in [-0.4, -0.2) is 32.0 Å². The van der Waals surface area contributed by atoms with Crippen LogP contribution in [-0.2, 0) is 0 Å². The minimum Gasteiger partial charge on any atom is -0.200 e. The maximum atomic E-state index is 14.4. The molecule has 0 unspecified atom stereocenters. The first-order valence-corrected chi connectivity index (χ1v) is 12.8. The molecule has 10 heteroatoms. The summed E-state index contributed by atoms with van der Waals surface area (Å²) in [5.74, 6) is -19.1. The van der Waals surface area contributed by atoms with Crippen LogP contribution in [0.3, 0.4) is 0 Å². The van der Waals surface area contributed by atoms with Gasteiger partial charge in [0.15, 0.2) is 0 Å². The summed E-state index contributed by atoms with van der Waals surface area (Å²) in [6.45, 7) is 8.82. The highest BCUT2D eigenvalue weighted by Gasteiger charge is 2.81. The zero-order valence-electron chi connectivity index (χ0n) is 18.8. The van der Waals surface area contributed by atoms with Crippen LogP contribution in [0, 0.1) is 27.7 Å². The predicted molar refractivity (Wildman–Crippen MR) is 113 cm³/mol. The molecule has 0 bridgehead atoms. The Balaban J connectivity index is 2.55. The molecule has 0 saturated heterocycles. The van der Waals surface area contributed by atoms with Gasteiger partial charge in [-0.25, -0.2) is 0 Å². The van der Waals surface area contributed by atoms with Crippen molar-refractivity contribution in [2.75, 3.05) is 0 Å². The third-order valence-electron chi connectivity index (χ3n) is 6.44. The van der Waals surface area contributed by atoms with E-state index in [1.807, 2.05) is 13.8 Å². The van der Waals surface area contributed by atoms with Crippen molar-refractivity contribution in [3.05, 3.63) is 58.7 Å². The molecule has 0 atom stereocenters. The van der Waals surface area contributed by atoms with Crippen molar-refractivity contribution >= 4 is 18.4 Å². The Hall–Kier alpha value is -1.97. The minimum absolute atomic E-state index is 0.593. The van der Waals surface area contributed by atoms with Gasteiger partial charge in [0.05, 0.1) is 0 Å². The van der Waals surface area contributed by atoms with Crippen LogP contribution in [0.15, 0.2) is 36.4 Å². The fourth-order valence-corrected chi connectivity index (χ4v) is 7.29. The lowest BCUT2D eigenvalue weighted by molar-refractivity contribution is -0.396. The van der Waals surface area contributed by atoms with Gasteiger partial charge in [0.25, 0.3) is 0 Å². The zero-order chi connectivity index (χ0) is 25.6. The van der Waals surface area contributed by atoms with Gasteiger partial charge in [0.2, 0.25) is 0 Å². The highest BCUT2D eigenvalue weighted by Crippen LogP contribution is 2.54. The number of benzene rings is 2. The molecule has 184 valence electrons. The lowest BCUT2D eigenvalue weighted by Crippen LogP contribution is -2.62. The summed E-state index contributed by atoms with van der Waals surface area (Å²) >= 11 is 0. The molecule has 0 aliphatic heterocycles. The van der Waals surface area contributed by atoms with E-state index in [1.54, 1.807) is 56.8 Å². The van der Waals surface area contributed by atoms with Crippen molar-refractivity contribution in [1.29, 1.82) is 0 Å². The first kappa shape index (κ1) is 27.3. The van der Waals surface area contributed by atoms with Crippen molar-refractivity contribution in [2.24, 2.45) is 0 Å². The molecule has 0 aliphatic carbocycles. The van der Waals surface area contributed by atoms with E-state index in [1.165, 1.54) is 0 Å². The molecular formula is C23H25F9Si. The second kappa shape index (κ2) is 8.67. The quantitative estimate of drug-likeness (QED) is 0.285. The average Bonchev–Trinajstić information content (AvgIpc) is 2.69. The Bertz CT molecular complexity index is 958. The molecule has 2 aromatic carbocycles. The molecule has 0 aliphatic rings. The van der Waals surface area contributed by atoms with E-state index >= 15 is 0 Å². The largest absolute Gasteiger partial charge is 0.460 e. The van der Waals surface area contributed by atoms with Crippen LogP contribution >= 0.6 is 0 Å². The first-order valence-electron chi connectivity index (χ1n) is 10.1. The van der Waals surface area contributed by atoms with Crippen molar-refractivity contribution in [3.63, 3.8) is 0 Å². The second-order valence-corrected chi connectivity index (χ2v) is 13.1. The lowest BCUT2D eigenvalue weighted by Gasteiger charge is -2.36. The summed E-state index contributed by atoms with van der Waals surface area (Å²) in [5, 5.41) is 1.19. The maximum Gasteiger partial charge on any atom is 0.460 e. The third-order valence-corrected chi connectivity index (χ3v) is 10.9. The SMILES string of the molecule is Cc1ccc([Si](C)(CCC(F)(F)C(F)(F)C(F)(F)C(F)(F)F)c2ccc(C)c(C)c2)cc1C. The highest BCUT2D eigenvalue weighted by molar-refractivity contribution is 7.01. The number of rotatable bonds is 7. The van der Waals surface area contributed by atoms with E-state index in [0.29, 0.717) is 10.4 Å². The Kier molecular flexibility index (Phi) is 7.16. The minimum atomic E-state index is -6.87. The van der Waals surface area contributed by atoms with Crippen molar-refractivity contribution in [3.8, 4) is 0 Å². The first-order chi connectivity index (χ1) is 14.8. The van der Waals surface area contributed by atoms with Crippen LogP contribution < -0.4 is 10.4 Å².